The van der Waals surface area contributed by atoms with Gasteiger partial charge >= 0.3 is 5.92 Å². The van der Waals surface area contributed by atoms with Crippen LogP contribution in [0.15, 0.2) is 0 Å². The predicted octanol–water partition coefficient (Wildman–Crippen LogP) is 2.05. The number of carbonyl (C=O) groups excluding carboxylic acids is 1. The van der Waals surface area contributed by atoms with Crippen LogP contribution in [0.25, 0.3) is 0 Å². The number of halogens is 2. The first-order valence-electron chi connectivity index (χ1n) is 7.85. The Morgan fingerprint density at radius 2 is 1.90 bits per heavy atom. The van der Waals surface area contributed by atoms with E-state index < -0.39 is 24.0 Å². The van der Waals surface area contributed by atoms with Gasteiger partial charge in [0.2, 0.25) is 0 Å². The molecule has 2 unspecified atom stereocenters. The lowest BCUT2D eigenvalue weighted by molar-refractivity contribution is -0.166. The second-order valence-corrected chi connectivity index (χ2v) is 6.58. The smallest absolute Gasteiger partial charge is 0.351 e. The Kier molecular flexibility index (Phi) is 7.00. The maximum Gasteiger partial charge on any atom is 0.351 e. The van der Waals surface area contributed by atoms with Crippen LogP contribution in [0.1, 0.15) is 52.4 Å². The fourth-order valence-electron chi connectivity index (χ4n) is 2.75. The number of amides is 1. The van der Waals surface area contributed by atoms with E-state index in [1.807, 2.05) is 13.8 Å². The molecule has 1 fully saturated rings. The highest BCUT2D eigenvalue weighted by molar-refractivity contribution is 5.84. The summed E-state index contributed by atoms with van der Waals surface area (Å²) in [5.41, 5.74) is 5.72. The fourth-order valence-corrected chi connectivity index (χ4v) is 2.75. The Balaban J connectivity index is 2.52. The predicted molar refractivity (Wildman–Crippen MR) is 78.0 cm³/mol. The number of rotatable bonds is 7. The third-order valence-electron chi connectivity index (χ3n) is 4.08. The highest BCUT2D eigenvalue weighted by Crippen LogP contribution is 2.30. The van der Waals surface area contributed by atoms with Crippen LogP contribution in [0.2, 0.25) is 0 Å². The van der Waals surface area contributed by atoms with Gasteiger partial charge in [0.15, 0.2) is 0 Å². The van der Waals surface area contributed by atoms with Crippen molar-refractivity contribution in [1.29, 1.82) is 0 Å². The second-order valence-electron chi connectivity index (χ2n) is 6.58. The Hall–Kier alpha value is -0.750. The van der Waals surface area contributed by atoms with E-state index in [9.17, 15) is 18.7 Å². The number of hydrogen-bond acceptors (Lipinski definition) is 3. The zero-order chi connectivity index (χ0) is 16.0. The second kappa shape index (κ2) is 8.03. The summed E-state index contributed by atoms with van der Waals surface area (Å²) in [5, 5.41) is 11.9. The van der Waals surface area contributed by atoms with Crippen molar-refractivity contribution in [2.24, 2.45) is 17.6 Å². The minimum atomic E-state index is -3.84. The van der Waals surface area contributed by atoms with Gasteiger partial charge in [-0.1, -0.05) is 46.0 Å². The molecule has 1 aliphatic carbocycles. The van der Waals surface area contributed by atoms with Gasteiger partial charge in [0, 0.05) is 12.6 Å². The van der Waals surface area contributed by atoms with Gasteiger partial charge < -0.3 is 16.2 Å². The molecule has 124 valence electrons. The number of carbonyl (C=O) groups is 1. The van der Waals surface area contributed by atoms with E-state index in [0.29, 0.717) is 6.42 Å². The van der Waals surface area contributed by atoms with Crippen molar-refractivity contribution in [2.75, 3.05) is 6.54 Å². The zero-order valence-corrected chi connectivity index (χ0v) is 12.9. The van der Waals surface area contributed by atoms with Crippen LogP contribution in [0.5, 0.6) is 0 Å². The van der Waals surface area contributed by atoms with Crippen molar-refractivity contribution in [3.05, 3.63) is 0 Å². The molecule has 0 aromatic carbocycles. The molecule has 0 heterocycles. The third-order valence-corrected chi connectivity index (χ3v) is 4.08. The summed E-state index contributed by atoms with van der Waals surface area (Å²) in [7, 11) is 0. The van der Waals surface area contributed by atoms with Crippen LogP contribution >= 0.6 is 0 Å². The molecule has 0 saturated heterocycles. The molecule has 0 aromatic heterocycles. The van der Waals surface area contributed by atoms with Crippen molar-refractivity contribution < 1.29 is 18.7 Å². The van der Waals surface area contributed by atoms with E-state index in [-0.39, 0.29) is 18.4 Å². The molecule has 0 aromatic rings. The standard InChI is InChI=1S/C15H28F2N2O2/c1-10(2)9-19-14(21)15(16,17)13(20)12(18)8-11-6-4-3-5-7-11/h10-13,20H,3-9,18H2,1-2H3,(H,19,21). The maximum absolute atomic E-state index is 13.9. The molecule has 2 atom stereocenters. The van der Waals surface area contributed by atoms with E-state index >= 15 is 0 Å². The van der Waals surface area contributed by atoms with Crippen LogP contribution in [0.4, 0.5) is 8.78 Å². The van der Waals surface area contributed by atoms with Gasteiger partial charge in [-0.3, -0.25) is 4.79 Å². The number of hydrogen-bond donors (Lipinski definition) is 3. The largest absolute Gasteiger partial charge is 0.385 e. The molecule has 4 N–H and O–H groups in total. The first-order chi connectivity index (χ1) is 9.75. The van der Waals surface area contributed by atoms with Gasteiger partial charge in [-0.25, -0.2) is 0 Å². The summed E-state index contributed by atoms with van der Waals surface area (Å²) in [6.45, 7) is 3.77. The lowest BCUT2D eigenvalue weighted by Gasteiger charge is -2.30. The molecule has 6 heteroatoms. The molecule has 0 bridgehead atoms. The molecule has 1 rings (SSSR count). The minimum Gasteiger partial charge on any atom is -0.385 e. The highest BCUT2D eigenvalue weighted by atomic mass is 19.3. The van der Waals surface area contributed by atoms with Crippen molar-refractivity contribution in [1.82, 2.24) is 5.32 Å². The van der Waals surface area contributed by atoms with Gasteiger partial charge in [0.05, 0.1) is 0 Å². The van der Waals surface area contributed by atoms with Crippen molar-refractivity contribution in [3.8, 4) is 0 Å². The van der Waals surface area contributed by atoms with E-state index in [2.05, 4.69) is 5.32 Å². The Morgan fingerprint density at radius 1 is 1.33 bits per heavy atom. The number of nitrogens with one attached hydrogen (secondary N) is 1. The first kappa shape index (κ1) is 18.3. The van der Waals surface area contributed by atoms with Crippen molar-refractivity contribution in [3.63, 3.8) is 0 Å². The molecule has 4 nitrogen and oxygen atoms in total. The van der Waals surface area contributed by atoms with Crippen LogP contribution in [0.3, 0.4) is 0 Å². The summed E-state index contributed by atoms with van der Waals surface area (Å²) in [5.74, 6) is -4.94. The summed E-state index contributed by atoms with van der Waals surface area (Å²) in [6.07, 6.45) is 3.47. The van der Waals surface area contributed by atoms with Crippen LogP contribution in [-0.4, -0.2) is 35.6 Å². The van der Waals surface area contributed by atoms with Crippen LogP contribution in [0, 0.1) is 11.8 Å². The molecule has 1 saturated carbocycles. The number of nitrogens with two attached hydrogens (primary N) is 1. The molecular weight excluding hydrogens is 278 g/mol. The lowest BCUT2D eigenvalue weighted by Crippen LogP contribution is -2.56. The number of aliphatic hydroxyl groups excluding tert-OH is 1. The van der Waals surface area contributed by atoms with E-state index in [4.69, 9.17) is 5.73 Å². The van der Waals surface area contributed by atoms with Gasteiger partial charge in [-0.05, 0) is 18.3 Å². The van der Waals surface area contributed by atoms with E-state index in [0.717, 1.165) is 25.7 Å². The minimum absolute atomic E-state index is 0.0674. The Morgan fingerprint density at radius 3 is 2.43 bits per heavy atom. The van der Waals surface area contributed by atoms with E-state index in [1.165, 1.54) is 6.42 Å². The normalized spacial score (nSPS) is 20.3. The molecule has 21 heavy (non-hydrogen) atoms. The summed E-state index contributed by atoms with van der Waals surface area (Å²) in [6, 6.07) is -1.08. The summed E-state index contributed by atoms with van der Waals surface area (Å²) in [4.78, 5) is 11.5. The average Bonchev–Trinajstić information content (AvgIpc) is 2.44. The lowest BCUT2D eigenvalue weighted by atomic mass is 9.83. The molecule has 0 aliphatic heterocycles. The van der Waals surface area contributed by atoms with Gasteiger partial charge in [-0.15, -0.1) is 0 Å². The quantitative estimate of drug-likeness (QED) is 0.674. The molecule has 0 spiro atoms. The van der Waals surface area contributed by atoms with Gasteiger partial charge in [0.25, 0.3) is 5.91 Å². The van der Waals surface area contributed by atoms with Crippen LogP contribution < -0.4 is 11.1 Å². The molecule has 1 amide bonds. The average molecular weight is 306 g/mol. The number of aliphatic hydroxyl groups is 1. The highest BCUT2D eigenvalue weighted by Gasteiger charge is 2.49. The van der Waals surface area contributed by atoms with Crippen molar-refractivity contribution >= 4 is 5.91 Å². The maximum atomic E-state index is 13.9. The number of alkyl halides is 2. The first-order valence-corrected chi connectivity index (χ1v) is 7.85. The van der Waals surface area contributed by atoms with E-state index in [1.54, 1.807) is 0 Å². The SMILES string of the molecule is CC(C)CNC(=O)C(F)(F)C(O)C(N)CC1CCCCC1. The summed E-state index contributed by atoms with van der Waals surface area (Å²) < 4.78 is 27.8. The Labute approximate surface area is 125 Å². The molecule has 0 radical (unpaired) electrons. The summed E-state index contributed by atoms with van der Waals surface area (Å²) >= 11 is 0. The van der Waals surface area contributed by atoms with Crippen LogP contribution in [-0.2, 0) is 4.79 Å². The molecule has 1 aliphatic rings. The fraction of sp³-hybridized carbons (Fsp3) is 0.933. The van der Waals surface area contributed by atoms with Crippen molar-refractivity contribution in [2.45, 2.75) is 70.4 Å². The van der Waals surface area contributed by atoms with Gasteiger partial charge in [0.1, 0.15) is 6.10 Å². The zero-order valence-electron chi connectivity index (χ0n) is 12.9. The third kappa shape index (κ3) is 5.51. The molecular formula is C15H28F2N2O2. The van der Waals surface area contributed by atoms with Gasteiger partial charge in [-0.2, -0.15) is 8.78 Å². The monoisotopic (exact) mass is 306 g/mol. The topological polar surface area (TPSA) is 75.3 Å². The Bertz CT molecular complexity index is 332.